The van der Waals surface area contributed by atoms with Crippen molar-refractivity contribution in [1.82, 2.24) is 15.0 Å². The lowest BCUT2D eigenvalue weighted by Gasteiger charge is -1.92. The summed E-state index contributed by atoms with van der Waals surface area (Å²) in [6.45, 7) is 0. The molecule has 4 nitrogen and oxygen atoms in total. The molecule has 0 N–H and O–H groups in total. The Hall–Kier alpha value is -0.710. The monoisotopic (exact) mass is 203 g/mol. The smallest absolute Gasteiger partial charge is 0.192 e. The maximum absolute atomic E-state index is 10.9. The number of aromatic nitrogens is 3. The Bertz CT molecular complexity index is 245. The zero-order chi connectivity index (χ0) is 7.56. The van der Waals surface area contributed by atoms with E-state index in [1.807, 2.05) is 0 Å². The maximum Gasteiger partial charge on any atom is 0.192 e. The van der Waals surface area contributed by atoms with Crippen LogP contribution in [-0.2, 0) is 7.05 Å². The van der Waals surface area contributed by atoms with Crippen molar-refractivity contribution in [3.63, 3.8) is 0 Å². The van der Waals surface area contributed by atoms with Gasteiger partial charge in [0.25, 0.3) is 0 Å². The standard InChI is InChI=1S/C5H6BrN3O/c1-9-4(3-7-8-9)5(10)2-6/h3H,2H2,1H3. The Balaban J connectivity index is 2.93. The molecule has 0 spiro atoms. The van der Waals surface area contributed by atoms with Gasteiger partial charge in [-0.25, -0.2) is 4.68 Å². The Morgan fingerprint density at radius 2 is 2.60 bits per heavy atom. The largest absolute Gasteiger partial charge is 0.291 e. The third-order valence-electron chi connectivity index (χ3n) is 1.12. The van der Waals surface area contributed by atoms with Gasteiger partial charge in [0.05, 0.1) is 11.5 Å². The highest BCUT2D eigenvalue weighted by Gasteiger charge is 2.07. The fraction of sp³-hybridized carbons (Fsp3) is 0.400. The van der Waals surface area contributed by atoms with E-state index in [9.17, 15) is 4.79 Å². The summed E-state index contributed by atoms with van der Waals surface area (Å²) in [5.74, 6) is -0.00694. The molecule has 1 aromatic heterocycles. The van der Waals surface area contributed by atoms with E-state index in [1.165, 1.54) is 10.9 Å². The number of alkyl halides is 1. The molecule has 0 fully saturated rings. The van der Waals surface area contributed by atoms with Crippen LogP contribution in [0.5, 0.6) is 0 Å². The minimum atomic E-state index is -0.00694. The number of hydrogen-bond acceptors (Lipinski definition) is 3. The molecule has 0 saturated carbocycles. The van der Waals surface area contributed by atoms with E-state index in [0.717, 1.165) is 0 Å². The van der Waals surface area contributed by atoms with Crippen molar-refractivity contribution >= 4 is 21.7 Å². The predicted molar refractivity (Wildman–Crippen MR) is 39.1 cm³/mol. The topological polar surface area (TPSA) is 47.8 Å². The van der Waals surface area contributed by atoms with Gasteiger partial charge in [-0.05, 0) is 0 Å². The van der Waals surface area contributed by atoms with Gasteiger partial charge >= 0.3 is 0 Å². The molecule has 1 heterocycles. The molecule has 0 saturated heterocycles. The average Bonchev–Trinajstić information content (AvgIpc) is 2.34. The van der Waals surface area contributed by atoms with Crippen LogP contribution in [0.3, 0.4) is 0 Å². The van der Waals surface area contributed by atoms with E-state index >= 15 is 0 Å². The number of hydrogen-bond donors (Lipinski definition) is 0. The zero-order valence-corrected chi connectivity index (χ0v) is 7.00. The van der Waals surface area contributed by atoms with Gasteiger partial charge in [-0.1, -0.05) is 21.1 Å². The summed E-state index contributed by atoms with van der Waals surface area (Å²) in [4.78, 5) is 10.9. The van der Waals surface area contributed by atoms with E-state index in [1.54, 1.807) is 7.05 Å². The Morgan fingerprint density at radius 3 is 3.00 bits per heavy atom. The first kappa shape index (κ1) is 7.40. The van der Waals surface area contributed by atoms with Gasteiger partial charge in [0, 0.05) is 7.05 Å². The van der Waals surface area contributed by atoms with Crippen molar-refractivity contribution in [1.29, 1.82) is 0 Å². The van der Waals surface area contributed by atoms with E-state index in [4.69, 9.17) is 0 Å². The average molecular weight is 204 g/mol. The second-order valence-electron chi connectivity index (χ2n) is 1.80. The first-order valence-corrected chi connectivity index (χ1v) is 3.81. The lowest BCUT2D eigenvalue weighted by Crippen LogP contribution is -2.07. The summed E-state index contributed by atoms with van der Waals surface area (Å²) in [5.41, 5.74) is 0.525. The second kappa shape index (κ2) is 2.92. The van der Waals surface area contributed by atoms with Crippen LogP contribution in [0.25, 0.3) is 0 Å². The molecular formula is C5H6BrN3O. The van der Waals surface area contributed by atoms with E-state index in [-0.39, 0.29) is 5.78 Å². The number of halogens is 1. The van der Waals surface area contributed by atoms with Crippen molar-refractivity contribution in [3.8, 4) is 0 Å². The van der Waals surface area contributed by atoms with Gasteiger partial charge in [0.15, 0.2) is 5.78 Å². The first-order valence-electron chi connectivity index (χ1n) is 2.69. The maximum atomic E-state index is 10.9. The number of carbonyl (C=O) groups excluding carboxylic acids is 1. The molecule has 0 atom stereocenters. The quantitative estimate of drug-likeness (QED) is 0.517. The molecule has 0 aliphatic heterocycles. The van der Waals surface area contributed by atoms with Crippen LogP contribution in [-0.4, -0.2) is 26.1 Å². The van der Waals surface area contributed by atoms with Crippen LogP contribution in [0.4, 0.5) is 0 Å². The van der Waals surface area contributed by atoms with Crippen LogP contribution in [0.15, 0.2) is 6.20 Å². The van der Waals surface area contributed by atoms with Crippen molar-refractivity contribution in [2.75, 3.05) is 5.33 Å². The SMILES string of the molecule is Cn1nncc1C(=O)CBr. The van der Waals surface area contributed by atoms with Crippen LogP contribution in [0.2, 0.25) is 0 Å². The molecule has 1 aromatic rings. The summed E-state index contributed by atoms with van der Waals surface area (Å²) in [6, 6.07) is 0. The fourth-order valence-corrected chi connectivity index (χ4v) is 0.898. The number of nitrogens with zero attached hydrogens (tertiary/aromatic N) is 3. The molecule has 10 heavy (non-hydrogen) atoms. The molecule has 0 radical (unpaired) electrons. The highest BCUT2D eigenvalue weighted by Crippen LogP contribution is 1.97. The Morgan fingerprint density at radius 1 is 1.90 bits per heavy atom. The van der Waals surface area contributed by atoms with Crippen molar-refractivity contribution in [3.05, 3.63) is 11.9 Å². The molecule has 0 bridgehead atoms. The van der Waals surface area contributed by atoms with Gasteiger partial charge in [0.2, 0.25) is 0 Å². The summed E-state index contributed by atoms with van der Waals surface area (Å²) < 4.78 is 1.45. The molecule has 1 rings (SSSR count). The molecule has 0 amide bonds. The highest BCUT2D eigenvalue weighted by atomic mass is 79.9. The zero-order valence-electron chi connectivity index (χ0n) is 5.41. The number of aryl methyl sites for hydroxylation is 1. The van der Waals surface area contributed by atoms with Crippen LogP contribution in [0.1, 0.15) is 10.5 Å². The second-order valence-corrected chi connectivity index (χ2v) is 2.36. The Labute approximate surface area is 66.4 Å². The molecular weight excluding hydrogens is 198 g/mol. The molecule has 0 aromatic carbocycles. The third-order valence-corrected chi connectivity index (χ3v) is 1.63. The van der Waals surface area contributed by atoms with Gasteiger partial charge in [-0.2, -0.15) is 0 Å². The summed E-state index contributed by atoms with van der Waals surface area (Å²) >= 11 is 3.05. The molecule has 0 aliphatic carbocycles. The van der Waals surface area contributed by atoms with Gasteiger partial charge in [0.1, 0.15) is 5.69 Å². The molecule has 0 aliphatic rings. The normalized spacial score (nSPS) is 9.80. The van der Waals surface area contributed by atoms with Crippen LogP contribution >= 0.6 is 15.9 Å². The Kier molecular flexibility index (Phi) is 2.16. The summed E-state index contributed by atoms with van der Waals surface area (Å²) in [6.07, 6.45) is 1.45. The van der Waals surface area contributed by atoms with Crippen molar-refractivity contribution in [2.24, 2.45) is 7.05 Å². The highest BCUT2D eigenvalue weighted by molar-refractivity contribution is 9.09. The summed E-state index contributed by atoms with van der Waals surface area (Å²) in [7, 11) is 1.68. The first-order chi connectivity index (χ1) is 4.75. The third kappa shape index (κ3) is 1.23. The number of carbonyl (C=O) groups is 1. The van der Waals surface area contributed by atoms with E-state index < -0.39 is 0 Å². The minimum Gasteiger partial charge on any atom is -0.291 e. The lowest BCUT2D eigenvalue weighted by atomic mass is 10.3. The number of Topliss-reactive ketones (excluding diaryl/α,β-unsaturated/α-hetero) is 1. The van der Waals surface area contributed by atoms with Crippen molar-refractivity contribution in [2.45, 2.75) is 0 Å². The molecule has 0 unspecified atom stereocenters. The minimum absolute atomic E-state index is 0.00694. The van der Waals surface area contributed by atoms with Crippen molar-refractivity contribution < 1.29 is 4.79 Å². The molecule has 5 heteroatoms. The predicted octanol–water partition coefficient (Wildman–Crippen LogP) is 0.393. The van der Waals surface area contributed by atoms with E-state index in [2.05, 4.69) is 26.2 Å². The van der Waals surface area contributed by atoms with Gasteiger partial charge in [-0.3, -0.25) is 4.79 Å². The van der Waals surface area contributed by atoms with Gasteiger partial charge in [-0.15, -0.1) is 5.10 Å². The number of rotatable bonds is 2. The summed E-state index contributed by atoms with van der Waals surface area (Å²) in [5, 5.41) is 7.49. The van der Waals surface area contributed by atoms with Crippen LogP contribution in [0, 0.1) is 0 Å². The lowest BCUT2D eigenvalue weighted by molar-refractivity contribution is 0.101. The van der Waals surface area contributed by atoms with E-state index in [0.29, 0.717) is 11.0 Å². The van der Waals surface area contributed by atoms with Gasteiger partial charge < -0.3 is 0 Å². The molecule has 54 valence electrons. The number of ketones is 1. The fourth-order valence-electron chi connectivity index (χ4n) is 0.611. The van der Waals surface area contributed by atoms with Crippen LogP contribution < -0.4 is 0 Å².